The minimum atomic E-state index is -0.546. The molecule has 0 fully saturated rings. The first-order valence-corrected chi connectivity index (χ1v) is 13.3. The molecule has 0 atom stereocenters. The fraction of sp³-hybridized carbons (Fsp3) is 0. The van der Waals surface area contributed by atoms with E-state index in [-0.39, 0.29) is 34.0 Å². The van der Waals surface area contributed by atoms with E-state index in [1.807, 2.05) is 91.0 Å². The van der Waals surface area contributed by atoms with Gasteiger partial charge in [-0.3, -0.25) is 0 Å². The van der Waals surface area contributed by atoms with Gasteiger partial charge in [0.15, 0.2) is 0 Å². The Balaban J connectivity index is 1.45. The molecule has 0 unspecified atom stereocenters. The summed E-state index contributed by atoms with van der Waals surface area (Å²) in [5.74, 6) is 0.692. The van der Waals surface area contributed by atoms with Crippen molar-refractivity contribution in [3.05, 3.63) is 158 Å². The van der Waals surface area contributed by atoms with Crippen molar-refractivity contribution < 1.29 is 16.8 Å². The maximum atomic E-state index is 9.13. The van der Waals surface area contributed by atoms with Gasteiger partial charge in [-0.25, -0.2) is 0 Å². The lowest BCUT2D eigenvalue weighted by molar-refractivity contribution is 0.632. The molecular weight excluding hydrogens is 496 g/mol. The SMILES string of the molecule is [2H]c1c([2H])c([2H])c(-c2c3ccccc3c(-c3ccc(-c4oc5ccccc5c4-c4ccccc4)cc3)c3c([2H])c([2H])c([2H])c([2H])c23)c([2H])c1[2H]. The average Bonchev–Trinajstić information content (AvgIpc) is 3.54. The van der Waals surface area contributed by atoms with Crippen LogP contribution in [-0.2, 0) is 0 Å². The van der Waals surface area contributed by atoms with Crippen molar-refractivity contribution in [2.24, 2.45) is 0 Å². The first-order valence-electron chi connectivity index (χ1n) is 17.8. The van der Waals surface area contributed by atoms with Gasteiger partial charge in [0.1, 0.15) is 11.3 Å². The Kier molecular flexibility index (Phi) is 3.77. The van der Waals surface area contributed by atoms with Crippen LogP contribution in [0.3, 0.4) is 0 Å². The summed E-state index contributed by atoms with van der Waals surface area (Å²) in [4.78, 5) is 0. The minimum absolute atomic E-state index is 0.0796. The van der Waals surface area contributed by atoms with Crippen LogP contribution >= 0.6 is 0 Å². The molecule has 41 heavy (non-hydrogen) atoms. The lowest BCUT2D eigenvalue weighted by Gasteiger charge is -2.17. The van der Waals surface area contributed by atoms with Crippen LogP contribution in [0.25, 0.3) is 77.2 Å². The van der Waals surface area contributed by atoms with Crippen LogP contribution in [0.5, 0.6) is 0 Å². The van der Waals surface area contributed by atoms with Gasteiger partial charge in [-0.05, 0) is 55.4 Å². The largest absolute Gasteiger partial charge is 0.455 e. The maximum Gasteiger partial charge on any atom is 0.143 e. The number of benzene rings is 7. The van der Waals surface area contributed by atoms with Crippen molar-refractivity contribution >= 4 is 32.5 Å². The summed E-state index contributed by atoms with van der Waals surface area (Å²) in [5, 5.41) is 2.35. The molecule has 0 bridgehead atoms. The van der Waals surface area contributed by atoms with Crippen molar-refractivity contribution in [1.29, 1.82) is 0 Å². The highest BCUT2D eigenvalue weighted by Crippen LogP contribution is 2.45. The number of para-hydroxylation sites is 1. The lowest BCUT2D eigenvalue weighted by atomic mass is 9.86. The van der Waals surface area contributed by atoms with E-state index in [1.54, 1.807) is 12.1 Å². The van der Waals surface area contributed by atoms with Gasteiger partial charge in [-0.1, -0.05) is 151 Å². The number of hydrogen-bond donors (Lipinski definition) is 0. The van der Waals surface area contributed by atoms with Gasteiger partial charge >= 0.3 is 0 Å². The summed E-state index contributed by atoms with van der Waals surface area (Å²) < 4.78 is 84.4. The summed E-state index contributed by atoms with van der Waals surface area (Å²) >= 11 is 0. The van der Waals surface area contributed by atoms with Crippen molar-refractivity contribution in [3.63, 3.8) is 0 Å². The summed E-state index contributed by atoms with van der Waals surface area (Å²) in [6, 6.07) is 28.6. The van der Waals surface area contributed by atoms with Crippen molar-refractivity contribution in [3.8, 4) is 44.7 Å². The Bertz CT molecular complexity index is 2650. The predicted octanol–water partition coefficient (Wildman–Crippen LogP) is 11.4. The Labute approximate surface area is 251 Å². The molecule has 0 aliphatic rings. The number of rotatable bonds is 4. The molecule has 1 heteroatoms. The average molecular weight is 532 g/mol. The van der Waals surface area contributed by atoms with E-state index in [2.05, 4.69) is 0 Å². The summed E-state index contributed by atoms with van der Waals surface area (Å²) in [6.07, 6.45) is 0. The van der Waals surface area contributed by atoms with Gasteiger partial charge in [0.05, 0.1) is 12.3 Å². The number of hydrogen-bond acceptors (Lipinski definition) is 1. The Morgan fingerprint density at radius 1 is 0.366 bits per heavy atom. The van der Waals surface area contributed by atoms with E-state index in [4.69, 9.17) is 16.8 Å². The third-order valence-electron chi connectivity index (χ3n) is 7.50. The highest BCUT2D eigenvalue weighted by Gasteiger charge is 2.19. The van der Waals surface area contributed by atoms with Crippen LogP contribution in [-0.4, -0.2) is 0 Å². The second kappa shape index (κ2) is 9.66. The molecule has 0 radical (unpaired) electrons. The molecule has 0 N–H and O–H groups in total. The molecule has 0 aliphatic carbocycles. The van der Waals surface area contributed by atoms with Crippen molar-refractivity contribution in [2.45, 2.75) is 0 Å². The fourth-order valence-electron chi connectivity index (χ4n) is 5.74. The van der Waals surface area contributed by atoms with E-state index in [1.165, 1.54) is 0 Å². The van der Waals surface area contributed by atoms with Crippen LogP contribution in [0.15, 0.2) is 162 Å². The first kappa shape index (κ1) is 16.0. The quantitative estimate of drug-likeness (QED) is 0.206. The zero-order chi connectivity index (χ0) is 35.0. The molecule has 0 amide bonds. The highest BCUT2D eigenvalue weighted by atomic mass is 16.3. The lowest BCUT2D eigenvalue weighted by Crippen LogP contribution is -1.90. The third-order valence-corrected chi connectivity index (χ3v) is 7.50. The van der Waals surface area contributed by atoms with Gasteiger partial charge in [0.25, 0.3) is 0 Å². The predicted molar refractivity (Wildman–Crippen MR) is 173 cm³/mol. The highest BCUT2D eigenvalue weighted by molar-refractivity contribution is 6.21. The van der Waals surface area contributed by atoms with Crippen molar-refractivity contribution in [2.75, 3.05) is 0 Å². The van der Waals surface area contributed by atoms with Crippen LogP contribution < -0.4 is 0 Å². The number of fused-ring (bicyclic) bond motifs is 3. The van der Waals surface area contributed by atoms with E-state index >= 15 is 0 Å². The summed E-state index contributed by atoms with van der Waals surface area (Å²) in [6.45, 7) is 0. The van der Waals surface area contributed by atoms with E-state index in [0.29, 0.717) is 27.7 Å². The van der Waals surface area contributed by atoms with Crippen LogP contribution in [0.1, 0.15) is 12.3 Å². The maximum absolute atomic E-state index is 9.13. The van der Waals surface area contributed by atoms with Gasteiger partial charge in [0, 0.05) is 16.5 Å². The van der Waals surface area contributed by atoms with E-state index in [9.17, 15) is 0 Å². The van der Waals surface area contributed by atoms with Crippen LogP contribution in [0, 0.1) is 0 Å². The molecule has 1 heterocycles. The van der Waals surface area contributed by atoms with Gasteiger partial charge in [-0.2, -0.15) is 0 Å². The first-order chi connectivity index (χ1) is 24.1. The van der Waals surface area contributed by atoms with Gasteiger partial charge < -0.3 is 4.42 Å². The zero-order valence-electron chi connectivity index (χ0n) is 30.7. The second-order valence-corrected chi connectivity index (χ2v) is 9.79. The molecule has 8 aromatic rings. The topological polar surface area (TPSA) is 13.1 Å². The zero-order valence-corrected chi connectivity index (χ0v) is 21.7. The Hall–Kier alpha value is -5.40. The molecule has 0 saturated carbocycles. The van der Waals surface area contributed by atoms with Crippen molar-refractivity contribution in [1.82, 2.24) is 0 Å². The van der Waals surface area contributed by atoms with Crippen LogP contribution in [0.2, 0.25) is 0 Å². The molecular formula is C40H26O. The standard InChI is InChI=1S/C40H26O/c1-3-13-27(14-4-1)37-31-17-7-9-19-33(31)38(34-20-10-8-18-32(34)37)29-23-25-30(26-24-29)40-39(28-15-5-2-6-16-28)35-21-11-12-22-36(35)41-40/h1-26H/i1D,3D,4D,7D,9D,13D,14D,17D,19D. The molecule has 7 aromatic carbocycles. The summed E-state index contributed by atoms with van der Waals surface area (Å²) in [5.41, 5.74) is 4.78. The third kappa shape index (κ3) is 3.86. The minimum Gasteiger partial charge on any atom is -0.455 e. The molecule has 0 saturated heterocycles. The molecule has 0 spiro atoms. The van der Waals surface area contributed by atoms with Crippen LogP contribution in [0.4, 0.5) is 0 Å². The molecule has 8 rings (SSSR count). The fourth-order valence-corrected chi connectivity index (χ4v) is 5.74. The Morgan fingerprint density at radius 2 is 0.878 bits per heavy atom. The number of furan rings is 1. The smallest absolute Gasteiger partial charge is 0.143 e. The molecule has 0 aliphatic heterocycles. The normalized spacial score (nSPS) is 14.5. The van der Waals surface area contributed by atoms with Gasteiger partial charge in [0.2, 0.25) is 0 Å². The van der Waals surface area contributed by atoms with E-state index in [0.717, 1.165) is 27.7 Å². The monoisotopic (exact) mass is 531 g/mol. The Morgan fingerprint density at radius 3 is 1.56 bits per heavy atom. The summed E-state index contributed by atoms with van der Waals surface area (Å²) in [7, 11) is 0. The molecule has 1 aromatic heterocycles. The second-order valence-electron chi connectivity index (χ2n) is 9.79. The molecule has 192 valence electrons. The molecule has 1 nitrogen and oxygen atoms in total. The van der Waals surface area contributed by atoms with E-state index < -0.39 is 42.3 Å². The van der Waals surface area contributed by atoms with Gasteiger partial charge in [-0.15, -0.1) is 0 Å².